The molecule has 144 valence electrons. The maximum absolute atomic E-state index is 12.3. The van der Waals surface area contributed by atoms with Crippen molar-refractivity contribution in [2.75, 3.05) is 16.2 Å². The molecule has 0 radical (unpaired) electrons. The molecule has 0 aromatic heterocycles. The largest absolute Gasteiger partial charge is 0.348 e. The van der Waals surface area contributed by atoms with Crippen molar-refractivity contribution in [3.05, 3.63) is 59.1 Å². The number of nitrogens with one attached hydrogen (secondary N) is 2. The van der Waals surface area contributed by atoms with Crippen molar-refractivity contribution in [3.8, 4) is 0 Å². The van der Waals surface area contributed by atoms with E-state index in [9.17, 15) is 21.6 Å². The molecule has 7 nitrogen and oxygen atoms in total. The van der Waals surface area contributed by atoms with Gasteiger partial charge in [-0.25, -0.2) is 16.8 Å². The molecule has 1 aliphatic heterocycles. The average molecular weight is 429 g/mol. The predicted molar refractivity (Wildman–Crippen MR) is 103 cm³/mol. The zero-order chi connectivity index (χ0) is 19.7. The molecule has 2 aromatic rings. The van der Waals surface area contributed by atoms with E-state index in [4.69, 9.17) is 11.6 Å². The lowest BCUT2D eigenvalue weighted by atomic mass is 10.1. The summed E-state index contributed by atoms with van der Waals surface area (Å²) < 4.78 is 50.0. The number of amides is 1. The fourth-order valence-corrected chi connectivity index (χ4v) is 5.55. The fraction of sp³-hybridized carbons (Fsp3) is 0.235. The normalized spacial score (nSPS) is 18.8. The molecule has 27 heavy (non-hydrogen) atoms. The molecular weight excluding hydrogens is 412 g/mol. The summed E-state index contributed by atoms with van der Waals surface area (Å²) in [6.45, 7) is 0. The first-order valence-electron chi connectivity index (χ1n) is 8.04. The number of sulfonamides is 1. The van der Waals surface area contributed by atoms with E-state index in [1.165, 1.54) is 48.5 Å². The van der Waals surface area contributed by atoms with Crippen LogP contribution in [0.3, 0.4) is 0 Å². The van der Waals surface area contributed by atoms with Crippen molar-refractivity contribution in [2.45, 2.75) is 17.4 Å². The molecule has 2 aromatic carbocycles. The molecule has 1 amide bonds. The van der Waals surface area contributed by atoms with Gasteiger partial charge in [0.2, 0.25) is 0 Å². The van der Waals surface area contributed by atoms with Gasteiger partial charge in [0, 0.05) is 22.3 Å². The summed E-state index contributed by atoms with van der Waals surface area (Å²) in [5.41, 5.74) is 0.610. The summed E-state index contributed by atoms with van der Waals surface area (Å²) in [6.07, 6.45) is 0.396. The standard InChI is InChI=1S/C17H17ClN2O5S2/c18-13-3-7-16(8-4-13)27(24,25)20-14-5-1-12(2-6-14)17(21)19-15-9-10-26(22,23)11-15/h1-8,15,20H,9-11H2,(H,19,21)/t15-/m1/s1. The van der Waals surface area contributed by atoms with Crippen LogP contribution in [0, 0.1) is 0 Å². The lowest BCUT2D eigenvalue weighted by Crippen LogP contribution is -2.35. The zero-order valence-electron chi connectivity index (χ0n) is 14.1. The molecule has 1 fully saturated rings. The monoisotopic (exact) mass is 428 g/mol. The molecule has 1 aliphatic rings. The first kappa shape index (κ1) is 19.7. The zero-order valence-corrected chi connectivity index (χ0v) is 16.4. The Kier molecular flexibility index (Phi) is 5.45. The van der Waals surface area contributed by atoms with Crippen LogP contribution in [0.1, 0.15) is 16.8 Å². The van der Waals surface area contributed by atoms with Gasteiger partial charge in [-0.2, -0.15) is 0 Å². The van der Waals surface area contributed by atoms with E-state index in [0.717, 1.165) is 0 Å². The van der Waals surface area contributed by atoms with Crippen LogP contribution in [-0.2, 0) is 19.9 Å². The summed E-state index contributed by atoms with van der Waals surface area (Å²) in [4.78, 5) is 12.3. The van der Waals surface area contributed by atoms with Gasteiger partial charge in [-0.15, -0.1) is 0 Å². The molecule has 1 saturated heterocycles. The highest BCUT2D eigenvalue weighted by atomic mass is 35.5. The average Bonchev–Trinajstić information content (AvgIpc) is 2.94. The second-order valence-corrected chi connectivity index (χ2v) is 10.6. The van der Waals surface area contributed by atoms with Crippen LogP contribution in [0.4, 0.5) is 5.69 Å². The highest BCUT2D eigenvalue weighted by Crippen LogP contribution is 2.19. The Morgan fingerprint density at radius 2 is 1.67 bits per heavy atom. The molecule has 0 aliphatic carbocycles. The molecule has 0 bridgehead atoms. The van der Waals surface area contributed by atoms with Crippen molar-refractivity contribution < 1.29 is 21.6 Å². The number of halogens is 1. The van der Waals surface area contributed by atoms with Crippen LogP contribution < -0.4 is 10.0 Å². The second-order valence-electron chi connectivity index (χ2n) is 6.21. The Morgan fingerprint density at radius 3 is 2.22 bits per heavy atom. The third-order valence-electron chi connectivity index (χ3n) is 4.09. The Morgan fingerprint density at radius 1 is 1.04 bits per heavy atom. The lowest BCUT2D eigenvalue weighted by Gasteiger charge is -2.12. The first-order chi connectivity index (χ1) is 12.6. The highest BCUT2D eigenvalue weighted by molar-refractivity contribution is 7.92. The van der Waals surface area contributed by atoms with E-state index in [1.54, 1.807) is 0 Å². The van der Waals surface area contributed by atoms with Gasteiger partial charge in [-0.1, -0.05) is 11.6 Å². The molecule has 3 rings (SSSR count). The van der Waals surface area contributed by atoms with Crippen LogP contribution in [0.15, 0.2) is 53.4 Å². The van der Waals surface area contributed by atoms with Gasteiger partial charge in [0.1, 0.15) is 0 Å². The first-order valence-corrected chi connectivity index (χ1v) is 11.7. The topological polar surface area (TPSA) is 109 Å². The summed E-state index contributed by atoms with van der Waals surface area (Å²) in [5.74, 6) is -0.384. The van der Waals surface area contributed by atoms with E-state index in [-0.39, 0.29) is 16.4 Å². The summed E-state index contributed by atoms with van der Waals surface area (Å²) in [7, 11) is -6.85. The summed E-state index contributed by atoms with van der Waals surface area (Å²) >= 11 is 5.76. The van der Waals surface area contributed by atoms with Crippen molar-refractivity contribution in [2.24, 2.45) is 0 Å². The minimum absolute atomic E-state index is 0.0578. The maximum Gasteiger partial charge on any atom is 0.261 e. The van der Waals surface area contributed by atoms with Crippen LogP contribution >= 0.6 is 11.6 Å². The maximum atomic E-state index is 12.3. The van der Waals surface area contributed by atoms with Gasteiger partial charge in [0.25, 0.3) is 15.9 Å². The molecular formula is C17H17ClN2O5S2. The number of anilines is 1. The van der Waals surface area contributed by atoms with Gasteiger partial charge in [0.15, 0.2) is 9.84 Å². The van der Waals surface area contributed by atoms with Crippen molar-refractivity contribution >= 4 is 43.1 Å². The van der Waals surface area contributed by atoms with Gasteiger partial charge >= 0.3 is 0 Å². The fourth-order valence-electron chi connectivity index (χ4n) is 2.70. The Bertz CT molecular complexity index is 1050. The predicted octanol–water partition coefficient (Wildman–Crippen LogP) is 2.06. The molecule has 1 heterocycles. The van der Waals surface area contributed by atoms with E-state index in [2.05, 4.69) is 10.0 Å². The van der Waals surface area contributed by atoms with Gasteiger partial charge in [0.05, 0.1) is 16.4 Å². The van der Waals surface area contributed by atoms with Crippen LogP contribution in [-0.4, -0.2) is 40.3 Å². The van der Waals surface area contributed by atoms with E-state index in [0.29, 0.717) is 22.7 Å². The number of carbonyl (C=O) groups is 1. The SMILES string of the molecule is O=C(N[C@@H]1CCS(=O)(=O)C1)c1ccc(NS(=O)(=O)c2ccc(Cl)cc2)cc1. The number of hydrogen-bond acceptors (Lipinski definition) is 5. The van der Waals surface area contributed by atoms with E-state index in [1.807, 2.05) is 0 Å². The van der Waals surface area contributed by atoms with Crippen molar-refractivity contribution in [1.82, 2.24) is 5.32 Å². The Hall–Kier alpha value is -2.10. The third-order valence-corrected chi connectivity index (χ3v) is 7.51. The van der Waals surface area contributed by atoms with Gasteiger partial charge in [-0.3, -0.25) is 9.52 Å². The minimum atomic E-state index is -3.77. The quantitative estimate of drug-likeness (QED) is 0.757. The number of benzene rings is 2. The highest BCUT2D eigenvalue weighted by Gasteiger charge is 2.29. The van der Waals surface area contributed by atoms with Crippen molar-refractivity contribution in [1.29, 1.82) is 0 Å². The molecule has 0 unspecified atom stereocenters. The summed E-state index contributed by atoms with van der Waals surface area (Å²) in [5, 5.41) is 3.11. The number of rotatable bonds is 5. The van der Waals surface area contributed by atoms with Gasteiger partial charge in [-0.05, 0) is 55.0 Å². The van der Waals surface area contributed by atoms with Crippen LogP contribution in [0.2, 0.25) is 5.02 Å². The van der Waals surface area contributed by atoms with E-state index < -0.39 is 31.8 Å². The molecule has 0 saturated carbocycles. The van der Waals surface area contributed by atoms with Crippen LogP contribution in [0.25, 0.3) is 0 Å². The third kappa shape index (κ3) is 5.00. The Balaban J connectivity index is 1.66. The smallest absolute Gasteiger partial charge is 0.261 e. The summed E-state index contributed by atoms with van der Waals surface area (Å²) in [6, 6.07) is 11.2. The number of hydrogen-bond donors (Lipinski definition) is 2. The van der Waals surface area contributed by atoms with E-state index >= 15 is 0 Å². The Labute approximate surface area is 162 Å². The van der Waals surface area contributed by atoms with Crippen LogP contribution in [0.5, 0.6) is 0 Å². The molecule has 2 N–H and O–H groups in total. The minimum Gasteiger partial charge on any atom is -0.348 e. The lowest BCUT2D eigenvalue weighted by molar-refractivity contribution is 0.0941. The number of sulfone groups is 1. The molecule has 10 heteroatoms. The molecule has 0 spiro atoms. The second kappa shape index (κ2) is 7.49. The van der Waals surface area contributed by atoms with Gasteiger partial charge < -0.3 is 5.32 Å². The number of carbonyl (C=O) groups excluding carboxylic acids is 1. The molecule has 1 atom stereocenters. The van der Waals surface area contributed by atoms with Crippen molar-refractivity contribution in [3.63, 3.8) is 0 Å².